The Labute approximate surface area is 132 Å². The Kier molecular flexibility index (Phi) is 5.52. The third kappa shape index (κ3) is 4.27. The predicted molar refractivity (Wildman–Crippen MR) is 83.4 cm³/mol. The maximum Gasteiger partial charge on any atom is 0.236 e. The van der Waals surface area contributed by atoms with Gasteiger partial charge in [0.15, 0.2) is 5.82 Å². The van der Waals surface area contributed by atoms with Gasteiger partial charge in [-0.3, -0.25) is 14.6 Å². The lowest BCUT2D eigenvalue weighted by Crippen LogP contribution is -2.38. The van der Waals surface area contributed by atoms with Gasteiger partial charge in [0.25, 0.3) is 0 Å². The number of likely N-dealkylation sites (N-methyl/N-ethyl adjacent to an activating group) is 2. The van der Waals surface area contributed by atoms with Gasteiger partial charge in [-0.2, -0.15) is 4.98 Å². The highest BCUT2D eigenvalue weighted by Gasteiger charge is 2.28. The molecule has 0 N–H and O–H groups in total. The third-order valence-corrected chi connectivity index (χ3v) is 4.10. The summed E-state index contributed by atoms with van der Waals surface area (Å²) in [5.41, 5.74) is 0. The zero-order chi connectivity index (χ0) is 16.3. The molecule has 0 aromatic carbocycles. The van der Waals surface area contributed by atoms with Gasteiger partial charge in [-0.1, -0.05) is 19.0 Å². The van der Waals surface area contributed by atoms with E-state index in [0.717, 1.165) is 25.3 Å². The Bertz CT molecular complexity index is 500. The molecule has 2 rings (SSSR count). The van der Waals surface area contributed by atoms with Crippen molar-refractivity contribution < 1.29 is 9.32 Å². The number of carbonyl (C=O) groups excluding carboxylic acids is 1. The molecule has 0 saturated carbocycles. The van der Waals surface area contributed by atoms with Crippen LogP contribution < -0.4 is 0 Å². The molecule has 1 aliphatic heterocycles. The van der Waals surface area contributed by atoms with Crippen LogP contribution in [-0.2, 0) is 11.3 Å². The number of hydrogen-bond acceptors (Lipinski definition) is 6. The first-order valence-electron chi connectivity index (χ1n) is 7.82. The lowest BCUT2D eigenvalue weighted by molar-refractivity contribution is -0.129. The van der Waals surface area contributed by atoms with Gasteiger partial charge >= 0.3 is 0 Å². The smallest absolute Gasteiger partial charge is 0.236 e. The number of nitrogens with zero attached hydrogens (tertiary/aromatic N) is 5. The van der Waals surface area contributed by atoms with Gasteiger partial charge in [-0.05, 0) is 13.5 Å². The van der Waals surface area contributed by atoms with E-state index in [4.69, 9.17) is 4.52 Å². The van der Waals surface area contributed by atoms with Gasteiger partial charge in [-0.15, -0.1) is 0 Å². The minimum absolute atomic E-state index is 0.156. The summed E-state index contributed by atoms with van der Waals surface area (Å²) in [7, 11) is 5.67. The predicted octanol–water partition coefficient (Wildman–Crippen LogP) is 0.787. The maximum atomic E-state index is 11.8. The first-order valence-corrected chi connectivity index (χ1v) is 7.82. The summed E-state index contributed by atoms with van der Waals surface area (Å²) >= 11 is 0. The Hall–Kier alpha value is -1.47. The Balaban J connectivity index is 1.83. The topological polar surface area (TPSA) is 65.7 Å². The standard InChI is InChI=1S/C15H27N5O2/c1-11(2)15-16-13(17-22-15)9-19(5)12-6-7-20(8-12)10-14(21)18(3)4/h11-12H,6-10H2,1-5H3/t12-/m1/s1. The average Bonchev–Trinajstić information content (AvgIpc) is 3.07. The largest absolute Gasteiger partial charge is 0.348 e. The number of aromatic nitrogens is 2. The number of likely N-dealkylation sites (tertiary alicyclic amines) is 1. The van der Waals surface area contributed by atoms with Crippen LogP contribution in [-0.4, -0.2) is 77.6 Å². The molecular weight excluding hydrogens is 282 g/mol. The van der Waals surface area contributed by atoms with Gasteiger partial charge in [0, 0.05) is 39.1 Å². The molecule has 124 valence electrons. The first-order chi connectivity index (χ1) is 10.4. The molecule has 1 atom stereocenters. The molecule has 22 heavy (non-hydrogen) atoms. The van der Waals surface area contributed by atoms with E-state index >= 15 is 0 Å². The molecule has 1 aromatic rings. The SMILES string of the molecule is CC(C)c1nc(CN(C)[C@@H]2CCN(CC(=O)N(C)C)C2)no1. The Morgan fingerprint density at radius 2 is 2.14 bits per heavy atom. The lowest BCUT2D eigenvalue weighted by atomic mass is 10.2. The van der Waals surface area contributed by atoms with Gasteiger partial charge in [0.2, 0.25) is 11.8 Å². The quantitative estimate of drug-likeness (QED) is 0.774. The summed E-state index contributed by atoms with van der Waals surface area (Å²) in [6, 6.07) is 0.427. The molecule has 0 aliphatic carbocycles. The van der Waals surface area contributed by atoms with Crippen molar-refractivity contribution in [2.24, 2.45) is 0 Å². The van der Waals surface area contributed by atoms with E-state index in [0.29, 0.717) is 25.0 Å². The fourth-order valence-electron chi connectivity index (χ4n) is 2.57. The number of carbonyl (C=O) groups is 1. The Morgan fingerprint density at radius 3 is 2.73 bits per heavy atom. The second-order valence-corrected chi connectivity index (χ2v) is 6.58. The summed E-state index contributed by atoms with van der Waals surface area (Å²) in [5.74, 6) is 1.83. The second kappa shape index (κ2) is 7.19. The molecule has 1 fully saturated rings. The number of amides is 1. The highest BCUT2D eigenvalue weighted by molar-refractivity contribution is 5.77. The minimum Gasteiger partial charge on any atom is -0.348 e. The zero-order valence-corrected chi connectivity index (χ0v) is 14.2. The highest BCUT2D eigenvalue weighted by atomic mass is 16.5. The van der Waals surface area contributed by atoms with E-state index in [9.17, 15) is 4.79 Å². The van der Waals surface area contributed by atoms with Gasteiger partial charge < -0.3 is 9.42 Å². The van der Waals surface area contributed by atoms with Crippen molar-refractivity contribution in [3.8, 4) is 0 Å². The highest BCUT2D eigenvalue weighted by Crippen LogP contribution is 2.17. The maximum absolute atomic E-state index is 11.8. The van der Waals surface area contributed by atoms with Crippen LogP contribution in [0.5, 0.6) is 0 Å². The molecule has 1 saturated heterocycles. The van der Waals surface area contributed by atoms with Crippen LogP contribution in [0.15, 0.2) is 4.52 Å². The van der Waals surface area contributed by atoms with Crippen LogP contribution >= 0.6 is 0 Å². The van der Waals surface area contributed by atoms with Gasteiger partial charge in [0.05, 0.1) is 13.1 Å². The van der Waals surface area contributed by atoms with Crippen molar-refractivity contribution in [3.63, 3.8) is 0 Å². The van der Waals surface area contributed by atoms with Crippen molar-refractivity contribution in [3.05, 3.63) is 11.7 Å². The molecule has 2 heterocycles. The second-order valence-electron chi connectivity index (χ2n) is 6.58. The first kappa shape index (κ1) is 16.9. The molecule has 1 amide bonds. The van der Waals surface area contributed by atoms with Crippen molar-refractivity contribution in [1.82, 2.24) is 24.8 Å². The molecule has 0 bridgehead atoms. The van der Waals surface area contributed by atoms with Crippen molar-refractivity contribution in [1.29, 1.82) is 0 Å². The van der Waals surface area contributed by atoms with Crippen molar-refractivity contribution >= 4 is 5.91 Å². The van der Waals surface area contributed by atoms with E-state index in [1.807, 2.05) is 13.8 Å². The van der Waals surface area contributed by atoms with E-state index in [2.05, 4.69) is 27.0 Å². The zero-order valence-electron chi connectivity index (χ0n) is 14.2. The van der Waals surface area contributed by atoms with Crippen LogP contribution in [0.2, 0.25) is 0 Å². The molecule has 0 spiro atoms. The van der Waals surface area contributed by atoms with Crippen LogP contribution in [0, 0.1) is 0 Å². The van der Waals surface area contributed by atoms with Crippen LogP contribution in [0.1, 0.15) is 37.9 Å². The van der Waals surface area contributed by atoms with Crippen molar-refractivity contribution in [2.75, 3.05) is 40.8 Å². The fraction of sp³-hybridized carbons (Fsp3) is 0.800. The molecule has 7 heteroatoms. The monoisotopic (exact) mass is 309 g/mol. The summed E-state index contributed by atoms with van der Waals surface area (Å²) in [6.45, 7) is 7.12. The molecule has 1 aliphatic rings. The van der Waals surface area contributed by atoms with Crippen LogP contribution in [0.3, 0.4) is 0 Å². The minimum atomic E-state index is 0.156. The summed E-state index contributed by atoms with van der Waals surface area (Å²) in [6.07, 6.45) is 1.06. The summed E-state index contributed by atoms with van der Waals surface area (Å²) in [5, 5.41) is 4.04. The Morgan fingerprint density at radius 1 is 1.41 bits per heavy atom. The molecule has 7 nitrogen and oxygen atoms in total. The summed E-state index contributed by atoms with van der Waals surface area (Å²) < 4.78 is 5.24. The molecule has 0 radical (unpaired) electrons. The third-order valence-electron chi connectivity index (χ3n) is 4.10. The van der Waals surface area contributed by atoms with Gasteiger partial charge in [0.1, 0.15) is 0 Å². The van der Waals surface area contributed by atoms with Crippen LogP contribution in [0.25, 0.3) is 0 Å². The number of rotatable bonds is 6. The fourth-order valence-corrected chi connectivity index (χ4v) is 2.57. The number of hydrogen-bond donors (Lipinski definition) is 0. The molecule has 1 aromatic heterocycles. The molecular formula is C15H27N5O2. The van der Waals surface area contributed by atoms with E-state index in [1.54, 1.807) is 19.0 Å². The normalized spacial score (nSPS) is 19.3. The lowest BCUT2D eigenvalue weighted by Gasteiger charge is -2.23. The van der Waals surface area contributed by atoms with Gasteiger partial charge in [-0.25, -0.2) is 0 Å². The molecule has 0 unspecified atom stereocenters. The van der Waals surface area contributed by atoms with Crippen molar-refractivity contribution in [2.45, 2.75) is 38.8 Å². The van der Waals surface area contributed by atoms with E-state index < -0.39 is 0 Å². The van der Waals surface area contributed by atoms with E-state index in [-0.39, 0.29) is 11.8 Å². The summed E-state index contributed by atoms with van der Waals surface area (Å²) in [4.78, 5) is 22.3. The van der Waals surface area contributed by atoms with E-state index in [1.165, 1.54) is 0 Å². The average molecular weight is 309 g/mol. The van der Waals surface area contributed by atoms with Crippen LogP contribution in [0.4, 0.5) is 0 Å².